The van der Waals surface area contributed by atoms with Gasteiger partial charge in [0, 0.05) is 11.7 Å². The van der Waals surface area contributed by atoms with E-state index in [-0.39, 0.29) is 5.91 Å². The molecule has 0 unspecified atom stereocenters. The number of hydrogen-bond donors (Lipinski definition) is 1. The van der Waals surface area contributed by atoms with E-state index in [2.05, 4.69) is 20.9 Å². The molecule has 23 heavy (non-hydrogen) atoms. The third-order valence-corrected chi connectivity index (χ3v) is 6.45. The van der Waals surface area contributed by atoms with Crippen LogP contribution in [0.15, 0.2) is 17.5 Å². The van der Waals surface area contributed by atoms with Gasteiger partial charge in [-0.05, 0) is 56.4 Å². The summed E-state index contributed by atoms with van der Waals surface area (Å²) >= 11 is 1.67. The quantitative estimate of drug-likeness (QED) is 0.933. The minimum absolute atomic E-state index is 0.126. The van der Waals surface area contributed by atoms with Crippen LogP contribution < -0.4 is 5.32 Å². The van der Waals surface area contributed by atoms with Crippen LogP contribution in [0.1, 0.15) is 37.1 Å². The first-order valence-corrected chi connectivity index (χ1v) is 9.36. The first-order valence-electron chi connectivity index (χ1n) is 8.48. The number of nitrogens with one attached hydrogen (secondary N) is 1. The number of hydrogen-bond acceptors (Lipinski definition) is 3. The van der Waals surface area contributed by atoms with Crippen LogP contribution in [0, 0.1) is 25.7 Å². The molecule has 2 aromatic rings. The molecule has 2 heterocycles. The Morgan fingerprint density at radius 1 is 1.39 bits per heavy atom. The summed E-state index contributed by atoms with van der Waals surface area (Å²) in [4.78, 5) is 18.4. The molecule has 2 bridgehead atoms. The number of aromatic nitrogens is 2. The maximum atomic E-state index is 12.6. The second kappa shape index (κ2) is 5.78. The van der Waals surface area contributed by atoms with E-state index in [0.717, 1.165) is 28.0 Å². The molecule has 1 N–H and O–H groups in total. The number of rotatable bonds is 4. The minimum atomic E-state index is 0.126. The summed E-state index contributed by atoms with van der Waals surface area (Å²) < 4.78 is 2.06. The fraction of sp³-hybridized carbons (Fsp3) is 0.556. The molecule has 3 atom stereocenters. The zero-order chi connectivity index (χ0) is 16.0. The van der Waals surface area contributed by atoms with Crippen LogP contribution in [-0.4, -0.2) is 21.5 Å². The standard InChI is InChI=1S/C18H23N3OS/c1-11-12(2)21(18(19-11)16-4-3-7-23-16)10-17(22)20-15-9-13-5-6-14(15)8-13/h3-4,7,13-15H,5-6,8-10H2,1-2H3,(H,20,22)/t13-,14+,15+/m0/s1. The molecule has 0 aliphatic heterocycles. The van der Waals surface area contributed by atoms with Gasteiger partial charge in [0.05, 0.1) is 10.6 Å². The van der Waals surface area contributed by atoms with Gasteiger partial charge in [0.2, 0.25) is 5.91 Å². The van der Waals surface area contributed by atoms with Gasteiger partial charge >= 0.3 is 0 Å². The predicted octanol–water partition coefficient (Wildman–Crippen LogP) is 3.53. The van der Waals surface area contributed by atoms with E-state index < -0.39 is 0 Å². The molecule has 1 amide bonds. The van der Waals surface area contributed by atoms with Crippen molar-refractivity contribution < 1.29 is 4.79 Å². The van der Waals surface area contributed by atoms with Gasteiger partial charge in [0.1, 0.15) is 6.54 Å². The molecule has 2 saturated carbocycles. The smallest absolute Gasteiger partial charge is 0.240 e. The van der Waals surface area contributed by atoms with Crippen LogP contribution in [0.3, 0.4) is 0 Å². The van der Waals surface area contributed by atoms with Crippen molar-refractivity contribution in [2.75, 3.05) is 0 Å². The Labute approximate surface area is 140 Å². The number of carbonyl (C=O) groups is 1. The van der Waals surface area contributed by atoms with Crippen molar-refractivity contribution >= 4 is 17.2 Å². The highest BCUT2D eigenvalue weighted by Crippen LogP contribution is 2.44. The molecule has 4 rings (SSSR count). The number of fused-ring (bicyclic) bond motifs is 2. The second-order valence-electron chi connectivity index (χ2n) is 7.02. The Balaban J connectivity index is 1.51. The summed E-state index contributed by atoms with van der Waals surface area (Å²) in [6.07, 6.45) is 5.14. The van der Waals surface area contributed by atoms with Gasteiger partial charge in [0.25, 0.3) is 0 Å². The first kappa shape index (κ1) is 14.9. The van der Waals surface area contributed by atoms with Crippen LogP contribution in [0.5, 0.6) is 0 Å². The van der Waals surface area contributed by atoms with Crippen LogP contribution in [-0.2, 0) is 11.3 Å². The molecule has 2 fully saturated rings. The zero-order valence-electron chi connectivity index (χ0n) is 13.7. The first-order chi connectivity index (χ1) is 11.1. The van der Waals surface area contributed by atoms with Gasteiger partial charge < -0.3 is 9.88 Å². The molecule has 5 heteroatoms. The van der Waals surface area contributed by atoms with Gasteiger partial charge in [-0.15, -0.1) is 11.3 Å². The average Bonchev–Trinajstić information content (AvgIpc) is 3.28. The summed E-state index contributed by atoms with van der Waals surface area (Å²) in [6.45, 7) is 4.43. The third kappa shape index (κ3) is 2.71. The van der Waals surface area contributed by atoms with Crippen molar-refractivity contribution in [1.82, 2.24) is 14.9 Å². The fourth-order valence-electron chi connectivity index (χ4n) is 4.26. The molecule has 0 aromatic carbocycles. The van der Waals surface area contributed by atoms with E-state index in [1.165, 1.54) is 25.7 Å². The number of thiophene rings is 1. The van der Waals surface area contributed by atoms with Crippen LogP contribution in [0.2, 0.25) is 0 Å². The fourth-order valence-corrected chi connectivity index (χ4v) is 4.98. The van der Waals surface area contributed by atoms with Crippen LogP contribution in [0.4, 0.5) is 0 Å². The van der Waals surface area contributed by atoms with E-state index in [1.807, 2.05) is 25.3 Å². The molecular weight excluding hydrogens is 306 g/mol. The Morgan fingerprint density at radius 2 is 2.26 bits per heavy atom. The second-order valence-corrected chi connectivity index (χ2v) is 7.97. The SMILES string of the molecule is Cc1nc(-c2cccs2)n(CC(=O)N[C@@H]2C[C@H]3CC[C@@H]2C3)c1C. The number of aryl methyl sites for hydroxylation is 1. The highest BCUT2D eigenvalue weighted by molar-refractivity contribution is 7.13. The van der Waals surface area contributed by atoms with Crippen molar-refractivity contribution in [1.29, 1.82) is 0 Å². The summed E-state index contributed by atoms with van der Waals surface area (Å²) in [5.41, 5.74) is 2.08. The lowest BCUT2D eigenvalue weighted by atomic mass is 9.95. The molecule has 0 saturated heterocycles. The van der Waals surface area contributed by atoms with E-state index in [0.29, 0.717) is 18.5 Å². The largest absolute Gasteiger partial charge is 0.352 e. The molecule has 2 aromatic heterocycles. The number of amides is 1. The zero-order valence-corrected chi connectivity index (χ0v) is 14.5. The van der Waals surface area contributed by atoms with E-state index in [1.54, 1.807) is 11.3 Å². The van der Waals surface area contributed by atoms with Gasteiger partial charge in [-0.25, -0.2) is 4.98 Å². The van der Waals surface area contributed by atoms with Gasteiger partial charge in [0.15, 0.2) is 5.82 Å². The Morgan fingerprint density at radius 3 is 2.91 bits per heavy atom. The Hall–Kier alpha value is -1.62. The van der Waals surface area contributed by atoms with E-state index in [4.69, 9.17) is 0 Å². The lowest BCUT2D eigenvalue weighted by Gasteiger charge is -2.23. The third-order valence-electron chi connectivity index (χ3n) is 5.59. The Bertz CT molecular complexity index is 719. The minimum Gasteiger partial charge on any atom is -0.352 e. The van der Waals surface area contributed by atoms with Crippen molar-refractivity contribution in [2.24, 2.45) is 11.8 Å². The molecule has 2 aliphatic rings. The van der Waals surface area contributed by atoms with Crippen molar-refractivity contribution in [3.8, 4) is 10.7 Å². The van der Waals surface area contributed by atoms with Crippen molar-refractivity contribution in [2.45, 2.75) is 52.1 Å². The van der Waals surface area contributed by atoms with E-state index >= 15 is 0 Å². The van der Waals surface area contributed by atoms with Crippen LogP contribution >= 0.6 is 11.3 Å². The highest BCUT2D eigenvalue weighted by Gasteiger charge is 2.40. The summed E-state index contributed by atoms with van der Waals surface area (Å²) in [5.74, 6) is 2.61. The Kier molecular flexibility index (Phi) is 3.76. The van der Waals surface area contributed by atoms with Crippen molar-refractivity contribution in [3.63, 3.8) is 0 Å². The number of carbonyl (C=O) groups excluding carboxylic acids is 1. The molecule has 0 radical (unpaired) electrons. The van der Waals surface area contributed by atoms with Gasteiger partial charge in [-0.2, -0.15) is 0 Å². The molecule has 2 aliphatic carbocycles. The molecule has 4 nitrogen and oxygen atoms in total. The predicted molar refractivity (Wildman–Crippen MR) is 92.4 cm³/mol. The molecule has 122 valence electrons. The normalized spacial score (nSPS) is 25.9. The van der Waals surface area contributed by atoms with Gasteiger partial charge in [-0.3, -0.25) is 4.79 Å². The van der Waals surface area contributed by atoms with Crippen molar-refractivity contribution in [3.05, 3.63) is 28.9 Å². The van der Waals surface area contributed by atoms with Crippen LogP contribution in [0.25, 0.3) is 10.7 Å². The van der Waals surface area contributed by atoms with Gasteiger partial charge in [-0.1, -0.05) is 12.5 Å². The summed E-state index contributed by atoms with van der Waals surface area (Å²) in [6, 6.07) is 4.49. The number of imidazole rings is 1. The maximum Gasteiger partial charge on any atom is 0.240 e. The lowest BCUT2D eigenvalue weighted by molar-refractivity contribution is -0.122. The summed E-state index contributed by atoms with van der Waals surface area (Å²) in [7, 11) is 0. The summed E-state index contributed by atoms with van der Waals surface area (Å²) in [5, 5.41) is 5.33. The average molecular weight is 329 g/mol. The monoisotopic (exact) mass is 329 g/mol. The maximum absolute atomic E-state index is 12.6. The molecule has 0 spiro atoms. The number of nitrogens with zero attached hydrogens (tertiary/aromatic N) is 2. The lowest BCUT2D eigenvalue weighted by Crippen LogP contribution is -2.40. The highest BCUT2D eigenvalue weighted by atomic mass is 32.1. The molecular formula is C18H23N3OS. The van der Waals surface area contributed by atoms with E-state index in [9.17, 15) is 4.79 Å². The topological polar surface area (TPSA) is 46.9 Å².